The lowest BCUT2D eigenvalue weighted by Crippen LogP contribution is -2.25. The Hall–Kier alpha value is -1.82. The van der Waals surface area contributed by atoms with Gasteiger partial charge in [0.2, 0.25) is 5.91 Å². The first kappa shape index (κ1) is 13.6. The fourth-order valence-corrected chi connectivity index (χ4v) is 2.51. The van der Waals surface area contributed by atoms with Gasteiger partial charge in [0, 0.05) is 0 Å². The summed E-state index contributed by atoms with van der Waals surface area (Å²) >= 11 is 1.01. The van der Waals surface area contributed by atoms with Crippen LogP contribution in [0.5, 0.6) is 5.75 Å². The molecule has 0 aliphatic carbocycles. The number of nitrogens with one attached hydrogen (secondary N) is 1. The van der Waals surface area contributed by atoms with Crippen molar-refractivity contribution in [3.63, 3.8) is 0 Å². The van der Waals surface area contributed by atoms with Crippen molar-refractivity contribution in [1.29, 1.82) is 0 Å². The molecule has 1 unspecified atom stereocenters. The van der Waals surface area contributed by atoms with E-state index in [9.17, 15) is 14.4 Å². The molecule has 1 aromatic carbocycles. The summed E-state index contributed by atoms with van der Waals surface area (Å²) in [6.45, 7) is 1.51. The molecule has 6 heteroatoms. The first-order chi connectivity index (χ1) is 9.04. The van der Waals surface area contributed by atoms with Crippen molar-refractivity contribution in [3.05, 3.63) is 29.8 Å². The highest BCUT2D eigenvalue weighted by atomic mass is 32.2. The molecule has 0 spiro atoms. The van der Waals surface area contributed by atoms with E-state index in [0.717, 1.165) is 17.3 Å². The first-order valence-electron chi connectivity index (χ1n) is 5.77. The summed E-state index contributed by atoms with van der Waals surface area (Å²) in [5.74, 6) is 0.326. The van der Waals surface area contributed by atoms with Crippen LogP contribution in [0.3, 0.4) is 0 Å². The van der Waals surface area contributed by atoms with Crippen LogP contribution >= 0.6 is 11.8 Å². The summed E-state index contributed by atoms with van der Waals surface area (Å²) < 4.78 is 5.24. The number of ketones is 1. The van der Waals surface area contributed by atoms with Gasteiger partial charge in [-0.2, -0.15) is 0 Å². The largest absolute Gasteiger partial charge is 0.486 e. The molecule has 1 fully saturated rings. The topological polar surface area (TPSA) is 72.5 Å². The van der Waals surface area contributed by atoms with E-state index in [1.54, 1.807) is 12.1 Å². The van der Waals surface area contributed by atoms with E-state index >= 15 is 0 Å². The standard InChI is InChI=1S/C13H13NO4S/c1-8(15)7-18-10-4-2-9(3-5-10)6-11-12(16)14-13(17)19-11/h2-5,11H,6-7H2,1H3,(H,14,16,17). The number of rotatable bonds is 5. The molecule has 2 rings (SSSR count). The second-order valence-electron chi connectivity index (χ2n) is 4.22. The molecule has 0 saturated carbocycles. The third kappa shape index (κ3) is 3.82. The maximum atomic E-state index is 11.4. The highest BCUT2D eigenvalue weighted by molar-refractivity contribution is 8.15. The molecule has 5 nitrogen and oxygen atoms in total. The number of thioether (sulfide) groups is 1. The maximum absolute atomic E-state index is 11.4. The van der Waals surface area contributed by atoms with Crippen LogP contribution < -0.4 is 10.1 Å². The van der Waals surface area contributed by atoms with Gasteiger partial charge in [-0.15, -0.1) is 0 Å². The Morgan fingerprint density at radius 1 is 1.32 bits per heavy atom. The lowest BCUT2D eigenvalue weighted by Gasteiger charge is -2.07. The second kappa shape index (κ2) is 5.88. The summed E-state index contributed by atoms with van der Waals surface area (Å²) in [7, 11) is 0. The number of ether oxygens (including phenoxy) is 1. The predicted octanol–water partition coefficient (Wildman–Crippen LogP) is 1.55. The fraction of sp³-hybridized carbons (Fsp3) is 0.308. The fourth-order valence-electron chi connectivity index (χ4n) is 1.65. The molecule has 100 valence electrons. The van der Waals surface area contributed by atoms with E-state index in [2.05, 4.69) is 5.32 Å². The van der Waals surface area contributed by atoms with Crippen molar-refractivity contribution in [3.8, 4) is 5.75 Å². The SMILES string of the molecule is CC(=O)COc1ccc(CC2SC(=O)NC2=O)cc1. The summed E-state index contributed by atoms with van der Waals surface area (Å²) in [5.41, 5.74) is 0.942. The van der Waals surface area contributed by atoms with Gasteiger partial charge in [0.15, 0.2) is 5.78 Å². The molecule has 0 radical (unpaired) electrons. The van der Waals surface area contributed by atoms with E-state index in [1.165, 1.54) is 6.92 Å². The number of Topliss-reactive ketones (excluding diaryl/α,β-unsaturated/α-hetero) is 1. The van der Waals surface area contributed by atoms with E-state index < -0.39 is 0 Å². The van der Waals surface area contributed by atoms with Gasteiger partial charge in [0.05, 0.1) is 5.25 Å². The number of carbonyl (C=O) groups excluding carboxylic acids is 3. The van der Waals surface area contributed by atoms with Gasteiger partial charge in [0.25, 0.3) is 5.24 Å². The normalized spacial score (nSPS) is 18.3. The smallest absolute Gasteiger partial charge is 0.286 e. The first-order valence-corrected chi connectivity index (χ1v) is 6.65. The molecular weight excluding hydrogens is 266 g/mol. The van der Waals surface area contributed by atoms with Gasteiger partial charge in [-0.25, -0.2) is 0 Å². The molecule has 1 atom stereocenters. The number of imide groups is 1. The summed E-state index contributed by atoms with van der Waals surface area (Å²) in [6.07, 6.45) is 0.495. The van der Waals surface area contributed by atoms with E-state index in [4.69, 9.17) is 4.74 Å². The van der Waals surface area contributed by atoms with Gasteiger partial charge >= 0.3 is 0 Å². The molecule has 2 amide bonds. The Kier molecular flexibility index (Phi) is 4.21. The molecule has 1 saturated heterocycles. The molecule has 1 aliphatic rings. The molecule has 0 bridgehead atoms. The summed E-state index contributed by atoms with van der Waals surface area (Å²) in [5, 5.41) is 1.59. The van der Waals surface area contributed by atoms with Crippen molar-refractivity contribution >= 4 is 28.7 Å². The number of hydrogen-bond donors (Lipinski definition) is 1. The molecule has 1 aromatic rings. The number of amides is 2. The van der Waals surface area contributed by atoms with Crippen LogP contribution in [0.1, 0.15) is 12.5 Å². The van der Waals surface area contributed by atoms with Crippen LogP contribution in [0, 0.1) is 0 Å². The molecule has 1 N–H and O–H groups in total. The van der Waals surface area contributed by atoms with Crippen molar-refractivity contribution in [1.82, 2.24) is 5.32 Å². The summed E-state index contributed by atoms with van der Waals surface area (Å²) in [6, 6.07) is 7.15. The Bertz CT molecular complexity index is 512. The molecule has 19 heavy (non-hydrogen) atoms. The maximum Gasteiger partial charge on any atom is 0.286 e. The number of hydrogen-bond acceptors (Lipinski definition) is 5. The Morgan fingerprint density at radius 3 is 2.53 bits per heavy atom. The molecular formula is C13H13NO4S. The van der Waals surface area contributed by atoms with Crippen LogP contribution in [0.2, 0.25) is 0 Å². The van der Waals surface area contributed by atoms with Gasteiger partial charge < -0.3 is 4.74 Å². The van der Waals surface area contributed by atoms with Crippen molar-refractivity contribution in [2.45, 2.75) is 18.6 Å². The Morgan fingerprint density at radius 2 is 2.00 bits per heavy atom. The van der Waals surface area contributed by atoms with Crippen molar-refractivity contribution in [2.24, 2.45) is 0 Å². The predicted molar refractivity (Wildman–Crippen MR) is 71.2 cm³/mol. The lowest BCUT2D eigenvalue weighted by molar-refractivity contribution is -0.119. The van der Waals surface area contributed by atoms with E-state index in [1.807, 2.05) is 12.1 Å². The Balaban J connectivity index is 1.93. The quantitative estimate of drug-likeness (QED) is 0.885. The average molecular weight is 279 g/mol. The third-order valence-electron chi connectivity index (χ3n) is 2.55. The zero-order valence-electron chi connectivity index (χ0n) is 10.3. The highest BCUT2D eigenvalue weighted by Gasteiger charge is 2.31. The summed E-state index contributed by atoms with van der Waals surface area (Å²) in [4.78, 5) is 33.2. The highest BCUT2D eigenvalue weighted by Crippen LogP contribution is 2.23. The minimum absolute atomic E-state index is 0.0402. The molecule has 1 heterocycles. The van der Waals surface area contributed by atoms with Crippen LogP contribution in [0.25, 0.3) is 0 Å². The van der Waals surface area contributed by atoms with Gasteiger partial charge in [-0.05, 0) is 31.0 Å². The average Bonchev–Trinajstić information content (AvgIpc) is 2.67. The molecule has 1 aliphatic heterocycles. The monoisotopic (exact) mass is 279 g/mol. The van der Waals surface area contributed by atoms with E-state index in [-0.39, 0.29) is 28.8 Å². The third-order valence-corrected chi connectivity index (χ3v) is 3.53. The van der Waals surface area contributed by atoms with Crippen LogP contribution in [-0.4, -0.2) is 28.8 Å². The van der Waals surface area contributed by atoms with Crippen LogP contribution in [0.4, 0.5) is 4.79 Å². The Labute approximate surface area is 114 Å². The number of carbonyl (C=O) groups is 3. The van der Waals surface area contributed by atoms with Crippen LogP contribution in [-0.2, 0) is 16.0 Å². The zero-order chi connectivity index (χ0) is 13.8. The second-order valence-corrected chi connectivity index (χ2v) is 5.40. The van der Waals surface area contributed by atoms with Gasteiger partial charge in [-0.3, -0.25) is 19.7 Å². The van der Waals surface area contributed by atoms with Gasteiger partial charge in [0.1, 0.15) is 12.4 Å². The zero-order valence-corrected chi connectivity index (χ0v) is 11.2. The minimum atomic E-state index is -0.364. The molecule has 0 aromatic heterocycles. The minimum Gasteiger partial charge on any atom is -0.486 e. The number of benzene rings is 1. The van der Waals surface area contributed by atoms with E-state index in [0.29, 0.717) is 12.2 Å². The van der Waals surface area contributed by atoms with Gasteiger partial charge in [-0.1, -0.05) is 23.9 Å². The lowest BCUT2D eigenvalue weighted by atomic mass is 10.1. The van der Waals surface area contributed by atoms with Crippen molar-refractivity contribution < 1.29 is 19.1 Å². The van der Waals surface area contributed by atoms with Crippen molar-refractivity contribution in [2.75, 3.05) is 6.61 Å². The van der Waals surface area contributed by atoms with Crippen LogP contribution in [0.15, 0.2) is 24.3 Å².